The Kier molecular flexibility index (Phi) is 1.52. The van der Waals surface area contributed by atoms with Crippen LogP contribution in [-0.2, 0) is 0 Å². The van der Waals surface area contributed by atoms with E-state index in [2.05, 4.69) is 17.4 Å². The van der Waals surface area contributed by atoms with E-state index in [4.69, 9.17) is 0 Å². The SMILES string of the molecule is CC1=CCC=NS1. The summed E-state index contributed by atoms with van der Waals surface area (Å²) in [5, 5.41) is 0. The molecule has 7 heavy (non-hydrogen) atoms. The van der Waals surface area contributed by atoms with Crippen LogP contribution in [0.5, 0.6) is 0 Å². The number of hydrogen-bond acceptors (Lipinski definition) is 2. The predicted octanol–water partition coefficient (Wildman–Crippen LogP) is 2.01. The molecule has 0 aliphatic carbocycles. The van der Waals surface area contributed by atoms with E-state index < -0.39 is 0 Å². The molecule has 0 amide bonds. The third kappa shape index (κ3) is 1.35. The Labute approximate surface area is 47.7 Å². The molecule has 0 unspecified atom stereocenters. The van der Waals surface area contributed by atoms with E-state index in [1.54, 1.807) is 11.9 Å². The first kappa shape index (κ1) is 4.91. The van der Waals surface area contributed by atoms with Crippen molar-refractivity contribution in [1.29, 1.82) is 0 Å². The molecule has 0 saturated heterocycles. The van der Waals surface area contributed by atoms with E-state index >= 15 is 0 Å². The van der Waals surface area contributed by atoms with Crippen molar-refractivity contribution in [1.82, 2.24) is 0 Å². The molecule has 0 aromatic carbocycles. The average molecular weight is 113 g/mol. The van der Waals surface area contributed by atoms with E-state index in [1.807, 2.05) is 6.21 Å². The highest BCUT2D eigenvalue weighted by Crippen LogP contribution is 2.18. The molecule has 1 rings (SSSR count). The van der Waals surface area contributed by atoms with Crippen LogP contribution >= 0.6 is 11.9 Å². The van der Waals surface area contributed by atoms with Crippen molar-refractivity contribution >= 4 is 18.2 Å². The third-order valence-electron chi connectivity index (χ3n) is 0.782. The molecule has 0 N–H and O–H groups in total. The van der Waals surface area contributed by atoms with Crippen LogP contribution in [-0.4, -0.2) is 6.21 Å². The fraction of sp³-hybridized carbons (Fsp3) is 0.400. The van der Waals surface area contributed by atoms with Crippen LogP contribution < -0.4 is 0 Å². The first-order valence-electron chi connectivity index (χ1n) is 2.25. The highest BCUT2D eigenvalue weighted by Gasteiger charge is 1.89. The fourth-order valence-corrected chi connectivity index (χ4v) is 0.917. The van der Waals surface area contributed by atoms with Gasteiger partial charge in [-0.2, -0.15) is 0 Å². The highest BCUT2D eigenvalue weighted by atomic mass is 32.2. The van der Waals surface area contributed by atoms with Gasteiger partial charge in [-0.15, -0.1) is 0 Å². The Morgan fingerprint density at radius 1 is 1.86 bits per heavy atom. The summed E-state index contributed by atoms with van der Waals surface area (Å²) >= 11 is 1.55. The Bertz CT molecular complexity index is 115. The van der Waals surface area contributed by atoms with E-state index in [9.17, 15) is 0 Å². The van der Waals surface area contributed by atoms with Gasteiger partial charge in [0.25, 0.3) is 0 Å². The first-order chi connectivity index (χ1) is 3.39. The number of hydrogen-bond donors (Lipinski definition) is 0. The zero-order valence-electron chi connectivity index (χ0n) is 4.22. The minimum absolute atomic E-state index is 1.01. The molecule has 0 spiro atoms. The minimum Gasteiger partial charge on any atom is -0.224 e. The lowest BCUT2D eigenvalue weighted by molar-refractivity contribution is 1.45. The van der Waals surface area contributed by atoms with E-state index in [0.717, 1.165) is 6.42 Å². The molecule has 0 radical (unpaired) electrons. The largest absolute Gasteiger partial charge is 0.224 e. The molecule has 0 bridgehead atoms. The van der Waals surface area contributed by atoms with E-state index in [1.165, 1.54) is 4.91 Å². The van der Waals surface area contributed by atoms with Gasteiger partial charge in [0.05, 0.1) is 0 Å². The third-order valence-corrected chi connectivity index (χ3v) is 1.49. The molecule has 0 fully saturated rings. The Hall–Kier alpha value is -0.240. The number of allylic oxidation sites excluding steroid dienone is 2. The molecule has 0 saturated carbocycles. The van der Waals surface area contributed by atoms with Gasteiger partial charge in [0.1, 0.15) is 0 Å². The molecule has 1 aliphatic heterocycles. The monoisotopic (exact) mass is 113 g/mol. The van der Waals surface area contributed by atoms with Crippen LogP contribution in [0.4, 0.5) is 0 Å². The second-order valence-corrected chi connectivity index (χ2v) is 2.47. The van der Waals surface area contributed by atoms with Gasteiger partial charge < -0.3 is 0 Å². The van der Waals surface area contributed by atoms with Crippen molar-refractivity contribution in [3.8, 4) is 0 Å². The smallest absolute Gasteiger partial charge is 0.0168 e. The summed E-state index contributed by atoms with van der Waals surface area (Å²) in [5.41, 5.74) is 0. The molecule has 0 aromatic rings. The van der Waals surface area contributed by atoms with Gasteiger partial charge in [0.15, 0.2) is 0 Å². The number of rotatable bonds is 0. The lowest BCUT2D eigenvalue weighted by Crippen LogP contribution is -1.76. The Morgan fingerprint density at radius 3 is 3.00 bits per heavy atom. The Morgan fingerprint density at radius 2 is 2.71 bits per heavy atom. The second-order valence-electron chi connectivity index (χ2n) is 1.43. The summed E-state index contributed by atoms with van der Waals surface area (Å²) in [4.78, 5) is 1.31. The molecule has 0 atom stereocenters. The summed E-state index contributed by atoms with van der Waals surface area (Å²) in [7, 11) is 0. The van der Waals surface area contributed by atoms with Crippen LogP contribution in [0.1, 0.15) is 13.3 Å². The van der Waals surface area contributed by atoms with Gasteiger partial charge in [0.2, 0.25) is 0 Å². The van der Waals surface area contributed by atoms with Crippen LogP contribution in [0, 0.1) is 0 Å². The average Bonchev–Trinajstić information content (AvgIpc) is 1.69. The van der Waals surface area contributed by atoms with E-state index in [-0.39, 0.29) is 0 Å². The van der Waals surface area contributed by atoms with Gasteiger partial charge in [-0.25, -0.2) is 4.40 Å². The molecule has 38 valence electrons. The molecule has 0 aromatic heterocycles. The topological polar surface area (TPSA) is 12.4 Å². The van der Waals surface area contributed by atoms with Gasteiger partial charge >= 0.3 is 0 Å². The van der Waals surface area contributed by atoms with E-state index in [0.29, 0.717) is 0 Å². The lowest BCUT2D eigenvalue weighted by atomic mass is 10.4. The van der Waals surface area contributed by atoms with Crippen molar-refractivity contribution < 1.29 is 0 Å². The highest BCUT2D eigenvalue weighted by molar-refractivity contribution is 8.01. The molecule has 1 nitrogen and oxygen atoms in total. The maximum atomic E-state index is 3.98. The maximum Gasteiger partial charge on any atom is 0.0168 e. The van der Waals surface area contributed by atoms with Gasteiger partial charge in [-0.3, -0.25) is 0 Å². The normalized spacial score (nSPS) is 19.3. The van der Waals surface area contributed by atoms with Crippen molar-refractivity contribution in [3.63, 3.8) is 0 Å². The quantitative estimate of drug-likeness (QED) is 0.438. The predicted molar refractivity (Wildman–Crippen MR) is 34.5 cm³/mol. The van der Waals surface area contributed by atoms with Gasteiger partial charge in [-0.1, -0.05) is 6.08 Å². The zero-order chi connectivity index (χ0) is 5.11. The summed E-state index contributed by atoms with van der Waals surface area (Å²) in [6.45, 7) is 2.07. The van der Waals surface area contributed by atoms with Crippen molar-refractivity contribution in [2.75, 3.05) is 0 Å². The molecule has 1 aliphatic rings. The van der Waals surface area contributed by atoms with Crippen LogP contribution in [0.3, 0.4) is 0 Å². The Balaban J connectivity index is 2.50. The molecular formula is C5H7NS. The van der Waals surface area contributed by atoms with Crippen LogP contribution in [0.15, 0.2) is 15.4 Å². The minimum atomic E-state index is 1.01. The molecule has 2 heteroatoms. The zero-order valence-corrected chi connectivity index (χ0v) is 5.03. The lowest BCUT2D eigenvalue weighted by Gasteiger charge is -1.96. The summed E-state index contributed by atoms with van der Waals surface area (Å²) in [6.07, 6.45) is 5.09. The standard InChI is InChI=1S/C5H7NS/c1-5-3-2-4-6-7-5/h3-4H,2H2,1H3. The van der Waals surface area contributed by atoms with Gasteiger partial charge in [-0.05, 0) is 6.92 Å². The van der Waals surface area contributed by atoms with Gasteiger partial charge in [0, 0.05) is 29.5 Å². The van der Waals surface area contributed by atoms with Crippen molar-refractivity contribution in [3.05, 3.63) is 11.0 Å². The van der Waals surface area contributed by atoms with Crippen LogP contribution in [0.2, 0.25) is 0 Å². The molecular weight excluding hydrogens is 106 g/mol. The second kappa shape index (κ2) is 2.17. The number of nitrogens with zero attached hydrogens (tertiary/aromatic N) is 1. The van der Waals surface area contributed by atoms with Crippen molar-refractivity contribution in [2.45, 2.75) is 13.3 Å². The first-order valence-corrected chi connectivity index (χ1v) is 3.02. The maximum absolute atomic E-state index is 3.98. The van der Waals surface area contributed by atoms with Crippen LogP contribution in [0.25, 0.3) is 0 Å². The molecule has 1 heterocycles. The summed E-state index contributed by atoms with van der Waals surface area (Å²) in [5.74, 6) is 0. The summed E-state index contributed by atoms with van der Waals surface area (Å²) in [6, 6.07) is 0. The summed E-state index contributed by atoms with van der Waals surface area (Å²) < 4.78 is 3.98. The van der Waals surface area contributed by atoms with Crippen molar-refractivity contribution in [2.24, 2.45) is 4.40 Å². The fourth-order valence-electron chi connectivity index (χ4n) is 0.419.